The third-order valence-electron chi connectivity index (χ3n) is 4.21. The molecule has 2 fully saturated rings. The summed E-state index contributed by atoms with van der Waals surface area (Å²) in [5.41, 5.74) is 0.398. The molecule has 2 aliphatic heterocycles. The second-order valence-electron chi connectivity index (χ2n) is 5.58. The summed E-state index contributed by atoms with van der Waals surface area (Å²) in [6, 6.07) is 4.69. The molecule has 3 nitrogen and oxygen atoms in total. The molecule has 1 atom stereocenters. The molecular weight excluding hydrogens is 281 g/mol. The van der Waals surface area contributed by atoms with E-state index in [-0.39, 0.29) is 24.1 Å². The molecule has 0 aliphatic carbocycles. The molecular formula is C15H19ClFNO2. The van der Waals surface area contributed by atoms with Crippen LogP contribution in [0.5, 0.6) is 0 Å². The molecule has 2 aliphatic rings. The minimum atomic E-state index is -0.312. The van der Waals surface area contributed by atoms with Gasteiger partial charge in [-0.1, -0.05) is 17.7 Å². The standard InChI is InChI=1S/C15H19ClFNO2/c16-13-2-1-3-14(17)12(13)10-19-11-8-15(20-9-11)4-6-18-7-5-15/h1-3,11,18H,4-10H2. The van der Waals surface area contributed by atoms with Crippen molar-refractivity contribution in [2.75, 3.05) is 19.7 Å². The first-order valence-corrected chi connectivity index (χ1v) is 7.45. The van der Waals surface area contributed by atoms with Crippen molar-refractivity contribution < 1.29 is 13.9 Å². The van der Waals surface area contributed by atoms with Gasteiger partial charge in [0.05, 0.1) is 24.9 Å². The molecule has 1 spiro atoms. The summed E-state index contributed by atoms with van der Waals surface area (Å²) < 4.78 is 25.4. The lowest BCUT2D eigenvalue weighted by Crippen LogP contribution is -2.41. The van der Waals surface area contributed by atoms with Crippen molar-refractivity contribution in [3.63, 3.8) is 0 Å². The van der Waals surface area contributed by atoms with Crippen LogP contribution in [0.25, 0.3) is 0 Å². The van der Waals surface area contributed by atoms with Crippen LogP contribution in [0.4, 0.5) is 4.39 Å². The lowest BCUT2D eigenvalue weighted by molar-refractivity contribution is -0.0241. The Kier molecular flexibility index (Phi) is 4.26. The number of ether oxygens (including phenoxy) is 2. The third kappa shape index (κ3) is 2.98. The smallest absolute Gasteiger partial charge is 0.130 e. The van der Waals surface area contributed by atoms with Gasteiger partial charge in [-0.15, -0.1) is 0 Å². The first-order chi connectivity index (χ1) is 9.69. The van der Waals surface area contributed by atoms with Crippen molar-refractivity contribution in [1.82, 2.24) is 5.32 Å². The summed E-state index contributed by atoms with van der Waals surface area (Å²) in [6.45, 7) is 2.78. The molecule has 110 valence electrons. The van der Waals surface area contributed by atoms with Crippen molar-refractivity contribution in [2.24, 2.45) is 0 Å². The molecule has 0 bridgehead atoms. The Hall–Kier alpha value is -0.680. The average Bonchev–Trinajstić information content (AvgIpc) is 2.82. The number of hydrogen-bond donors (Lipinski definition) is 1. The van der Waals surface area contributed by atoms with Crippen molar-refractivity contribution in [3.8, 4) is 0 Å². The van der Waals surface area contributed by atoms with Gasteiger partial charge in [0.1, 0.15) is 5.82 Å². The van der Waals surface area contributed by atoms with Crippen molar-refractivity contribution in [1.29, 1.82) is 0 Å². The molecule has 20 heavy (non-hydrogen) atoms. The van der Waals surface area contributed by atoms with Gasteiger partial charge in [0, 0.05) is 17.0 Å². The van der Waals surface area contributed by atoms with Crippen LogP contribution >= 0.6 is 11.6 Å². The highest BCUT2D eigenvalue weighted by atomic mass is 35.5. The molecule has 2 heterocycles. The maximum Gasteiger partial charge on any atom is 0.130 e. The van der Waals surface area contributed by atoms with Crippen LogP contribution in [0.2, 0.25) is 5.02 Å². The van der Waals surface area contributed by atoms with E-state index in [1.807, 2.05) is 0 Å². The zero-order chi connectivity index (χ0) is 14.0. The molecule has 1 unspecified atom stereocenters. The SMILES string of the molecule is Fc1cccc(Cl)c1COC1COC2(CCNCC2)C1. The first-order valence-electron chi connectivity index (χ1n) is 7.08. The van der Waals surface area contributed by atoms with Crippen LogP contribution in [-0.2, 0) is 16.1 Å². The topological polar surface area (TPSA) is 30.5 Å². The summed E-state index contributed by atoms with van der Waals surface area (Å²) in [5.74, 6) is -0.312. The van der Waals surface area contributed by atoms with Gasteiger partial charge in [0.25, 0.3) is 0 Å². The predicted octanol–water partition coefficient (Wildman–Crippen LogP) is 2.91. The van der Waals surface area contributed by atoms with E-state index in [4.69, 9.17) is 21.1 Å². The second-order valence-corrected chi connectivity index (χ2v) is 5.99. The quantitative estimate of drug-likeness (QED) is 0.931. The Labute approximate surface area is 123 Å². The molecule has 0 saturated carbocycles. The first kappa shape index (κ1) is 14.3. The molecule has 0 radical (unpaired) electrons. The number of hydrogen-bond acceptors (Lipinski definition) is 3. The summed E-state index contributed by atoms with van der Waals surface area (Å²) in [5, 5.41) is 3.75. The molecule has 1 aromatic rings. The number of piperidine rings is 1. The molecule has 2 saturated heterocycles. The van der Waals surface area contributed by atoms with E-state index < -0.39 is 0 Å². The Morgan fingerprint density at radius 1 is 1.40 bits per heavy atom. The Morgan fingerprint density at radius 3 is 2.95 bits per heavy atom. The van der Waals surface area contributed by atoms with Gasteiger partial charge in [-0.2, -0.15) is 0 Å². The zero-order valence-electron chi connectivity index (χ0n) is 11.3. The maximum absolute atomic E-state index is 13.7. The van der Waals surface area contributed by atoms with Crippen molar-refractivity contribution in [2.45, 2.75) is 37.6 Å². The summed E-state index contributed by atoms with van der Waals surface area (Å²) in [6.07, 6.45) is 2.96. The molecule has 1 N–H and O–H groups in total. The third-order valence-corrected chi connectivity index (χ3v) is 4.57. The summed E-state index contributed by atoms with van der Waals surface area (Å²) in [7, 11) is 0. The maximum atomic E-state index is 13.7. The van der Waals surface area contributed by atoms with Crippen LogP contribution in [0.15, 0.2) is 18.2 Å². The zero-order valence-corrected chi connectivity index (χ0v) is 12.1. The van der Waals surface area contributed by atoms with Gasteiger partial charge >= 0.3 is 0 Å². The summed E-state index contributed by atoms with van der Waals surface area (Å²) >= 11 is 6.00. The van der Waals surface area contributed by atoms with E-state index >= 15 is 0 Å². The average molecular weight is 300 g/mol. The van der Waals surface area contributed by atoms with Gasteiger partial charge in [0.2, 0.25) is 0 Å². The van der Waals surface area contributed by atoms with E-state index in [1.54, 1.807) is 12.1 Å². The molecule has 5 heteroatoms. The number of nitrogens with one attached hydrogen (secondary N) is 1. The van der Waals surface area contributed by atoms with E-state index in [9.17, 15) is 4.39 Å². The van der Waals surface area contributed by atoms with Crippen LogP contribution in [0.3, 0.4) is 0 Å². The fraction of sp³-hybridized carbons (Fsp3) is 0.600. The fourth-order valence-electron chi connectivity index (χ4n) is 3.01. The highest BCUT2D eigenvalue weighted by Gasteiger charge is 2.41. The van der Waals surface area contributed by atoms with E-state index in [2.05, 4.69) is 5.32 Å². The molecule has 3 rings (SSSR count). The van der Waals surface area contributed by atoms with Gasteiger partial charge in [-0.25, -0.2) is 4.39 Å². The fourth-order valence-corrected chi connectivity index (χ4v) is 3.23. The molecule has 0 aromatic heterocycles. The monoisotopic (exact) mass is 299 g/mol. The molecule has 1 aromatic carbocycles. The Bertz CT molecular complexity index is 457. The van der Waals surface area contributed by atoms with E-state index in [1.165, 1.54) is 6.07 Å². The number of benzene rings is 1. The van der Waals surface area contributed by atoms with Crippen LogP contribution in [0.1, 0.15) is 24.8 Å². The van der Waals surface area contributed by atoms with E-state index in [0.717, 1.165) is 32.4 Å². The van der Waals surface area contributed by atoms with Gasteiger partial charge < -0.3 is 14.8 Å². The second kappa shape index (κ2) is 5.98. The largest absolute Gasteiger partial charge is 0.372 e. The lowest BCUT2D eigenvalue weighted by Gasteiger charge is -2.32. The summed E-state index contributed by atoms with van der Waals surface area (Å²) in [4.78, 5) is 0. The Morgan fingerprint density at radius 2 is 2.20 bits per heavy atom. The highest BCUT2D eigenvalue weighted by molar-refractivity contribution is 6.31. The number of halogens is 2. The van der Waals surface area contributed by atoms with Crippen molar-refractivity contribution in [3.05, 3.63) is 34.6 Å². The van der Waals surface area contributed by atoms with Crippen LogP contribution < -0.4 is 5.32 Å². The van der Waals surface area contributed by atoms with Crippen molar-refractivity contribution >= 4 is 11.6 Å². The minimum Gasteiger partial charge on any atom is -0.372 e. The van der Waals surface area contributed by atoms with Crippen LogP contribution in [0, 0.1) is 5.82 Å². The molecule has 0 amide bonds. The minimum absolute atomic E-state index is 0.0313. The lowest BCUT2D eigenvalue weighted by atomic mass is 9.89. The van der Waals surface area contributed by atoms with E-state index in [0.29, 0.717) is 17.2 Å². The normalized spacial score (nSPS) is 25.2. The van der Waals surface area contributed by atoms with Gasteiger partial charge in [-0.3, -0.25) is 0 Å². The predicted molar refractivity (Wildman–Crippen MR) is 75.4 cm³/mol. The van der Waals surface area contributed by atoms with Crippen LogP contribution in [-0.4, -0.2) is 31.4 Å². The highest BCUT2D eigenvalue weighted by Crippen LogP contribution is 2.35. The number of rotatable bonds is 3. The Balaban J connectivity index is 1.57. The van der Waals surface area contributed by atoms with Gasteiger partial charge in [-0.05, 0) is 38.1 Å². The van der Waals surface area contributed by atoms with Gasteiger partial charge in [0.15, 0.2) is 0 Å².